The smallest absolute Gasteiger partial charge is 0.338 e. The number of hydrogen-bond donors (Lipinski definition) is 0. The molecule has 0 aliphatic heterocycles. The van der Waals surface area contributed by atoms with Gasteiger partial charge in [-0.25, -0.2) is 9.48 Å². The molecule has 150 valence electrons. The monoisotopic (exact) mass is 391 g/mol. The van der Waals surface area contributed by atoms with Crippen LogP contribution in [0.25, 0.3) is 5.69 Å². The number of aromatic nitrogens is 2. The molecule has 1 amide bonds. The highest BCUT2D eigenvalue weighted by atomic mass is 16.5. The summed E-state index contributed by atoms with van der Waals surface area (Å²) >= 11 is 0. The van der Waals surface area contributed by atoms with E-state index >= 15 is 0 Å². The Hall–Kier alpha value is -3.41. The van der Waals surface area contributed by atoms with E-state index in [0.29, 0.717) is 12.1 Å². The van der Waals surface area contributed by atoms with Crippen LogP contribution in [0.5, 0.6) is 0 Å². The van der Waals surface area contributed by atoms with Crippen LogP contribution >= 0.6 is 0 Å². The van der Waals surface area contributed by atoms with Gasteiger partial charge in [0.1, 0.15) is 0 Å². The van der Waals surface area contributed by atoms with E-state index in [0.717, 1.165) is 16.9 Å². The molecule has 3 aromatic rings. The molecule has 3 rings (SSSR count). The first kappa shape index (κ1) is 20.3. The number of benzene rings is 2. The van der Waals surface area contributed by atoms with Crippen molar-refractivity contribution in [2.45, 2.75) is 33.4 Å². The molecule has 6 heteroatoms. The fourth-order valence-electron chi connectivity index (χ4n) is 3.01. The van der Waals surface area contributed by atoms with Gasteiger partial charge in [0, 0.05) is 24.5 Å². The Morgan fingerprint density at radius 2 is 1.72 bits per heavy atom. The molecule has 1 heterocycles. The van der Waals surface area contributed by atoms with E-state index < -0.39 is 5.97 Å². The number of rotatable bonds is 7. The third-order valence-corrected chi connectivity index (χ3v) is 4.65. The van der Waals surface area contributed by atoms with Crippen molar-refractivity contribution in [3.8, 4) is 5.69 Å². The van der Waals surface area contributed by atoms with Gasteiger partial charge in [-0.2, -0.15) is 5.10 Å². The summed E-state index contributed by atoms with van der Waals surface area (Å²) in [4.78, 5) is 26.7. The van der Waals surface area contributed by atoms with E-state index in [4.69, 9.17) is 4.74 Å². The largest absolute Gasteiger partial charge is 0.452 e. The van der Waals surface area contributed by atoms with Gasteiger partial charge in [-0.15, -0.1) is 0 Å². The topological polar surface area (TPSA) is 64.4 Å². The number of ether oxygens (including phenoxy) is 1. The quantitative estimate of drug-likeness (QED) is 0.575. The summed E-state index contributed by atoms with van der Waals surface area (Å²) in [5.41, 5.74) is 3.28. The van der Waals surface area contributed by atoms with Gasteiger partial charge in [0.15, 0.2) is 6.61 Å². The van der Waals surface area contributed by atoms with Crippen LogP contribution in [0.2, 0.25) is 0 Å². The highest BCUT2D eigenvalue weighted by Crippen LogP contribution is 2.13. The summed E-state index contributed by atoms with van der Waals surface area (Å²) in [7, 11) is 0. The molecule has 29 heavy (non-hydrogen) atoms. The lowest BCUT2D eigenvalue weighted by Crippen LogP contribution is -2.39. The molecule has 1 aromatic heterocycles. The lowest BCUT2D eigenvalue weighted by molar-refractivity contribution is -0.136. The average molecular weight is 391 g/mol. The Morgan fingerprint density at radius 3 is 2.31 bits per heavy atom. The van der Waals surface area contributed by atoms with Crippen molar-refractivity contribution < 1.29 is 14.3 Å². The van der Waals surface area contributed by atoms with Crippen molar-refractivity contribution in [2.24, 2.45) is 0 Å². The number of amides is 1. The molecule has 0 unspecified atom stereocenters. The molecule has 0 N–H and O–H groups in total. The molecule has 0 aliphatic rings. The maximum atomic E-state index is 12.6. The Balaban J connectivity index is 1.60. The highest BCUT2D eigenvalue weighted by Gasteiger charge is 2.19. The van der Waals surface area contributed by atoms with Crippen molar-refractivity contribution in [1.82, 2.24) is 14.7 Å². The Bertz CT molecular complexity index is 963. The molecule has 0 atom stereocenters. The van der Waals surface area contributed by atoms with Crippen LogP contribution in [0.15, 0.2) is 66.9 Å². The van der Waals surface area contributed by atoms with E-state index in [1.807, 2.05) is 57.2 Å². The number of hydrogen-bond acceptors (Lipinski definition) is 4. The second-order valence-corrected chi connectivity index (χ2v) is 7.11. The van der Waals surface area contributed by atoms with Crippen LogP contribution in [0.3, 0.4) is 0 Å². The van der Waals surface area contributed by atoms with Crippen molar-refractivity contribution in [3.05, 3.63) is 83.7 Å². The summed E-state index contributed by atoms with van der Waals surface area (Å²) < 4.78 is 7.04. The molecule has 0 saturated carbocycles. The van der Waals surface area contributed by atoms with E-state index in [1.54, 1.807) is 40.0 Å². The van der Waals surface area contributed by atoms with Gasteiger partial charge in [0.05, 0.1) is 11.3 Å². The van der Waals surface area contributed by atoms with Crippen LogP contribution in [0.1, 0.15) is 35.5 Å². The van der Waals surface area contributed by atoms with Crippen molar-refractivity contribution in [2.75, 3.05) is 6.61 Å². The second kappa shape index (κ2) is 9.19. The first-order valence-electron chi connectivity index (χ1n) is 9.57. The van der Waals surface area contributed by atoms with Crippen LogP contribution < -0.4 is 0 Å². The maximum absolute atomic E-state index is 12.6. The fourth-order valence-corrected chi connectivity index (χ4v) is 3.01. The number of esters is 1. The Labute approximate surface area is 170 Å². The molecule has 0 radical (unpaired) electrons. The predicted molar refractivity (Wildman–Crippen MR) is 111 cm³/mol. The SMILES string of the molecule is Cc1ccnn1-c1ccc(C(=O)OCC(=O)N(Cc2ccccc2)C(C)C)cc1. The summed E-state index contributed by atoms with van der Waals surface area (Å²) in [6.07, 6.45) is 1.72. The molecule has 6 nitrogen and oxygen atoms in total. The standard InChI is InChI=1S/C23H25N3O3/c1-17(2)25(15-19-7-5-4-6-8-19)22(27)16-29-23(28)20-9-11-21(12-10-20)26-18(3)13-14-24-26/h4-14,17H,15-16H2,1-3H3. The zero-order chi connectivity index (χ0) is 20.8. The van der Waals surface area contributed by atoms with Gasteiger partial charge in [-0.1, -0.05) is 30.3 Å². The third-order valence-electron chi connectivity index (χ3n) is 4.65. The minimum absolute atomic E-state index is 0.00185. The number of carbonyl (C=O) groups excluding carboxylic acids is 2. The molecule has 0 fully saturated rings. The van der Waals surface area contributed by atoms with Gasteiger partial charge in [-0.05, 0) is 56.7 Å². The van der Waals surface area contributed by atoms with Gasteiger partial charge in [0.25, 0.3) is 5.91 Å². The number of carbonyl (C=O) groups is 2. The van der Waals surface area contributed by atoms with Crippen LogP contribution in [-0.4, -0.2) is 39.2 Å². The van der Waals surface area contributed by atoms with E-state index in [2.05, 4.69) is 5.10 Å². The van der Waals surface area contributed by atoms with Crippen LogP contribution in [0.4, 0.5) is 0 Å². The first-order valence-corrected chi connectivity index (χ1v) is 9.57. The minimum atomic E-state index is -0.523. The molecular weight excluding hydrogens is 366 g/mol. The molecule has 0 saturated heterocycles. The van der Waals surface area contributed by atoms with Gasteiger partial charge < -0.3 is 9.64 Å². The molecular formula is C23H25N3O3. The third kappa shape index (κ3) is 5.10. The van der Waals surface area contributed by atoms with Crippen molar-refractivity contribution >= 4 is 11.9 Å². The first-order chi connectivity index (χ1) is 14.0. The molecule has 0 aliphatic carbocycles. The predicted octanol–water partition coefficient (Wildman–Crippen LogP) is 3.77. The summed E-state index contributed by atoms with van der Waals surface area (Å²) in [6.45, 7) is 6.03. The van der Waals surface area contributed by atoms with E-state index in [9.17, 15) is 9.59 Å². The molecule has 0 bridgehead atoms. The second-order valence-electron chi connectivity index (χ2n) is 7.11. The van der Waals surface area contributed by atoms with Gasteiger partial charge in [0.2, 0.25) is 0 Å². The van der Waals surface area contributed by atoms with Crippen LogP contribution in [-0.2, 0) is 16.1 Å². The number of nitrogens with zero attached hydrogens (tertiary/aromatic N) is 3. The van der Waals surface area contributed by atoms with Crippen LogP contribution in [0, 0.1) is 6.92 Å². The van der Waals surface area contributed by atoms with Crippen molar-refractivity contribution in [3.63, 3.8) is 0 Å². The minimum Gasteiger partial charge on any atom is -0.452 e. The fraction of sp³-hybridized carbons (Fsp3) is 0.261. The molecule has 2 aromatic carbocycles. The van der Waals surface area contributed by atoms with Gasteiger partial charge in [-0.3, -0.25) is 4.79 Å². The molecule has 0 spiro atoms. The lowest BCUT2D eigenvalue weighted by atomic mass is 10.2. The lowest BCUT2D eigenvalue weighted by Gasteiger charge is -2.26. The zero-order valence-electron chi connectivity index (χ0n) is 16.9. The van der Waals surface area contributed by atoms with Gasteiger partial charge >= 0.3 is 5.97 Å². The summed E-state index contributed by atoms with van der Waals surface area (Å²) in [5.74, 6) is -0.744. The normalized spacial score (nSPS) is 10.8. The summed E-state index contributed by atoms with van der Waals surface area (Å²) in [5, 5.41) is 4.24. The van der Waals surface area contributed by atoms with E-state index in [-0.39, 0.29) is 18.6 Å². The van der Waals surface area contributed by atoms with E-state index in [1.165, 1.54) is 0 Å². The maximum Gasteiger partial charge on any atom is 0.338 e. The number of aryl methyl sites for hydroxylation is 1. The Morgan fingerprint density at radius 1 is 1.03 bits per heavy atom. The highest BCUT2D eigenvalue weighted by molar-refractivity contribution is 5.91. The van der Waals surface area contributed by atoms with Crippen molar-refractivity contribution in [1.29, 1.82) is 0 Å². The zero-order valence-corrected chi connectivity index (χ0v) is 16.9. The Kier molecular flexibility index (Phi) is 6.44. The summed E-state index contributed by atoms with van der Waals surface area (Å²) in [6, 6.07) is 18.6. The average Bonchev–Trinajstić information content (AvgIpc) is 3.16.